The van der Waals surface area contributed by atoms with Crippen LogP contribution in [0.25, 0.3) is 0 Å². The standard InChI is InChI=1S/C13H20N2/c1-11-5-2-3-7-13(11)15-10-12-6-4-8-14-9-12/h4,6,8-9,11,13,15H,2-3,5,7,10H2,1H3. The maximum atomic E-state index is 4.13. The molecule has 0 aromatic carbocycles. The van der Waals surface area contributed by atoms with Gasteiger partial charge >= 0.3 is 0 Å². The highest BCUT2D eigenvalue weighted by atomic mass is 14.9. The fourth-order valence-corrected chi connectivity index (χ4v) is 2.37. The van der Waals surface area contributed by atoms with Crippen molar-refractivity contribution in [1.29, 1.82) is 0 Å². The zero-order valence-electron chi connectivity index (χ0n) is 9.45. The minimum absolute atomic E-state index is 0.707. The fraction of sp³-hybridized carbons (Fsp3) is 0.615. The van der Waals surface area contributed by atoms with E-state index in [1.807, 2.05) is 18.5 Å². The maximum Gasteiger partial charge on any atom is 0.0312 e. The van der Waals surface area contributed by atoms with E-state index in [2.05, 4.69) is 23.3 Å². The summed E-state index contributed by atoms with van der Waals surface area (Å²) in [6, 6.07) is 4.84. The van der Waals surface area contributed by atoms with Gasteiger partial charge in [-0.3, -0.25) is 4.98 Å². The third kappa shape index (κ3) is 3.03. The molecule has 0 spiro atoms. The van der Waals surface area contributed by atoms with E-state index in [1.54, 1.807) is 0 Å². The number of hydrogen-bond donors (Lipinski definition) is 1. The molecule has 2 rings (SSSR count). The van der Waals surface area contributed by atoms with Gasteiger partial charge in [0.1, 0.15) is 0 Å². The molecule has 2 heteroatoms. The van der Waals surface area contributed by atoms with Crippen molar-refractivity contribution < 1.29 is 0 Å². The van der Waals surface area contributed by atoms with Gasteiger partial charge < -0.3 is 5.32 Å². The summed E-state index contributed by atoms with van der Waals surface area (Å²) in [6.45, 7) is 3.32. The van der Waals surface area contributed by atoms with Crippen molar-refractivity contribution in [3.8, 4) is 0 Å². The first-order valence-corrected chi connectivity index (χ1v) is 5.98. The smallest absolute Gasteiger partial charge is 0.0312 e. The molecular formula is C13H20N2. The van der Waals surface area contributed by atoms with E-state index in [1.165, 1.54) is 31.2 Å². The van der Waals surface area contributed by atoms with Crippen molar-refractivity contribution in [2.24, 2.45) is 5.92 Å². The van der Waals surface area contributed by atoms with Crippen LogP contribution in [0.15, 0.2) is 24.5 Å². The van der Waals surface area contributed by atoms with Gasteiger partial charge in [0, 0.05) is 25.0 Å². The summed E-state index contributed by atoms with van der Waals surface area (Å²) in [6.07, 6.45) is 9.28. The Kier molecular flexibility index (Phi) is 3.73. The fourth-order valence-electron chi connectivity index (χ4n) is 2.37. The summed E-state index contributed by atoms with van der Waals surface area (Å²) in [5, 5.41) is 3.65. The van der Waals surface area contributed by atoms with E-state index in [9.17, 15) is 0 Å². The molecule has 0 saturated heterocycles. The van der Waals surface area contributed by atoms with Gasteiger partial charge in [0.15, 0.2) is 0 Å². The summed E-state index contributed by atoms with van der Waals surface area (Å²) in [7, 11) is 0. The third-order valence-electron chi connectivity index (χ3n) is 3.40. The van der Waals surface area contributed by atoms with Crippen molar-refractivity contribution in [1.82, 2.24) is 10.3 Å². The molecular weight excluding hydrogens is 184 g/mol. The number of nitrogens with one attached hydrogen (secondary N) is 1. The molecule has 1 heterocycles. The molecule has 15 heavy (non-hydrogen) atoms. The molecule has 0 aliphatic heterocycles. The van der Waals surface area contributed by atoms with Crippen molar-refractivity contribution in [2.45, 2.75) is 45.2 Å². The highest BCUT2D eigenvalue weighted by Gasteiger charge is 2.20. The second-order valence-electron chi connectivity index (χ2n) is 4.61. The van der Waals surface area contributed by atoms with E-state index in [-0.39, 0.29) is 0 Å². The van der Waals surface area contributed by atoms with Gasteiger partial charge in [-0.15, -0.1) is 0 Å². The Labute approximate surface area is 92.1 Å². The molecule has 0 radical (unpaired) electrons. The lowest BCUT2D eigenvalue weighted by molar-refractivity contribution is 0.279. The third-order valence-corrected chi connectivity index (χ3v) is 3.40. The van der Waals surface area contributed by atoms with Crippen LogP contribution in [0.1, 0.15) is 38.2 Å². The van der Waals surface area contributed by atoms with E-state index >= 15 is 0 Å². The number of pyridine rings is 1. The van der Waals surface area contributed by atoms with Crippen LogP contribution in [0.2, 0.25) is 0 Å². The number of nitrogens with zero attached hydrogens (tertiary/aromatic N) is 1. The zero-order valence-corrected chi connectivity index (χ0v) is 9.45. The van der Waals surface area contributed by atoms with E-state index in [0.29, 0.717) is 6.04 Å². The van der Waals surface area contributed by atoms with Crippen molar-refractivity contribution in [3.63, 3.8) is 0 Å². The Morgan fingerprint density at radius 1 is 1.40 bits per heavy atom. The van der Waals surface area contributed by atoms with Gasteiger partial charge in [-0.05, 0) is 30.4 Å². The summed E-state index contributed by atoms with van der Waals surface area (Å²) in [4.78, 5) is 4.13. The lowest BCUT2D eigenvalue weighted by Gasteiger charge is -2.29. The van der Waals surface area contributed by atoms with Gasteiger partial charge in [0.05, 0.1) is 0 Å². The molecule has 1 N–H and O–H groups in total. The summed E-state index contributed by atoms with van der Waals surface area (Å²) in [5.41, 5.74) is 1.29. The van der Waals surface area contributed by atoms with Crippen LogP contribution in [-0.4, -0.2) is 11.0 Å². The van der Waals surface area contributed by atoms with Crippen LogP contribution >= 0.6 is 0 Å². The topological polar surface area (TPSA) is 24.9 Å². The van der Waals surface area contributed by atoms with E-state index in [4.69, 9.17) is 0 Å². The molecule has 0 amide bonds. The molecule has 1 fully saturated rings. The molecule has 1 aliphatic carbocycles. The minimum atomic E-state index is 0.707. The molecule has 2 atom stereocenters. The summed E-state index contributed by atoms with van der Waals surface area (Å²) >= 11 is 0. The molecule has 0 bridgehead atoms. The van der Waals surface area contributed by atoms with Crippen molar-refractivity contribution in [2.75, 3.05) is 0 Å². The first kappa shape index (κ1) is 10.6. The number of aromatic nitrogens is 1. The Morgan fingerprint density at radius 3 is 3.00 bits per heavy atom. The van der Waals surface area contributed by atoms with Crippen LogP contribution < -0.4 is 5.32 Å². The largest absolute Gasteiger partial charge is 0.310 e. The van der Waals surface area contributed by atoms with Crippen LogP contribution in [0.4, 0.5) is 0 Å². The molecule has 2 nitrogen and oxygen atoms in total. The average molecular weight is 204 g/mol. The van der Waals surface area contributed by atoms with Crippen LogP contribution in [0.5, 0.6) is 0 Å². The normalized spacial score (nSPS) is 26.5. The minimum Gasteiger partial charge on any atom is -0.310 e. The lowest BCUT2D eigenvalue weighted by atomic mass is 9.86. The zero-order chi connectivity index (χ0) is 10.5. The SMILES string of the molecule is CC1CCCCC1NCc1cccnc1. The van der Waals surface area contributed by atoms with Gasteiger partial charge in [0.2, 0.25) is 0 Å². The molecule has 82 valence electrons. The predicted octanol–water partition coefficient (Wildman–Crippen LogP) is 2.75. The first-order valence-electron chi connectivity index (χ1n) is 5.98. The van der Waals surface area contributed by atoms with Gasteiger partial charge in [-0.1, -0.05) is 25.8 Å². The number of hydrogen-bond acceptors (Lipinski definition) is 2. The molecule has 2 unspecified atom stereocenters. The van der Waals surface area contributed by atoms with Crippen LogP contribution in [0, 0.1) is 5.92 Å². The highest BCUT2D eigenvalue weighted by molar-refractivity contribution is 5.08. The molecule has 1 aromatic rings. The van der Waals surface area contributed by atoms with Gasteiger partial charge in [0.25, 0.3) is 0 Å². The van der Waals surface area contributed by atoms with Crippen molar-refractivity contribution in [3.05, 3.63) is 30.1 Å². The van der Waals surface area contributed by atoms with E-state index < -0.39 is 0 Å². The lowest BCUT2D eigenvalue weighted by Crippen LogP contribution is -2.36. The van der Waals surface area contributed by atoms with Crippen molar-refractivity contribution >= 4 is 0 Å². The Hall–Kier alpha value is -0.890. The Balaban J connectivity index is 1.82. The Morgan fingerprint density at radius 2 is 2.27 bits per heavy atom. The summed E-state index contributed by atoms with van der Waals surface area (Å²) in [5.74, 6) is 0.829. The Bertz CT molecular complexity index is 284. The predicted molar refractivity (Wildman–Crippen MR) is 62.5 cm³/mol. The first-order chi connectivity index (χ1) is 7.36. The monoisotopic (exact) mass is 204 g/mol. The number of rotatable bonds is 3. The van der Waals surface area contributed by atoms with Gasteiger partial charge in [-0.2, -0.15) is 0 Å². The average Bonchev–Trinajstić information content (AvgIpc) is 2.29. The maximum absolute atomic E-state index is 4.13. The summed E-state index contributed by atoms with van der Waals surface area (Å²) < 4.78 is 0. The van der Waals surface area contributed by atoms with Crippen LogP contribution in [-0.2, 0) is 6.54 Å². The second-order valence-corrected chi connectivity index (χ2v) is 4.61. The quantitative estimate of drug-likeness (QED) is 0.819. The highest BCUT2D eigenvalue weighted by Crippen LogP contribution is 2.23. The van der Waals surface area contributed by atoms with Gasteiger partial charge in [-0.25, -0.2) is 0 Å². The molecule has 1 aromatic heterocycles. The molecule has 1 saturated carbocycles. The van der Waals surface area contributed by atoms with Crippen LogP contribution in [0.3, 0.4) is 0 Å². The molecule has 1 aliphatic rings. The second kappa shape index (κ2) is 5.26. The van der Waals surface area contributed by atoms with E-state index in [0.717, 1.165) is 12.5 Å².